The highest BCUT2D eigenvalue weighted by atomic mass is 79.9. The van der Waals surface area contributed by atoms with Gasteiger partial charge >= 0.3 is 5.97 Å². The Morgan fingerprint density at radius 1 is 1.35 bits per heavy atom. The molecule has 0 aliphatic heterocycles. The normalized spacial score (nSPS) is 11.8. The Morgan fingerprint density at radius 2 is 2.00 bits per heavy atom. The molecule has 0 aromatic heterocycles. The maximum absolute atomic E-state index is 11.1. The lowest BCUT2D eigenvalue weighted by molar-refractivity contribution is -0.137. The third-order valence-corrected chi connectivity index (χ3v) is 2.81. The lowest BCUT2D eigenvalue weighted by Gasteiger charge is -1.99. The number of ether oxygens (including phenoxy) is 1. The summed E-state index contributed by atoms with van der Waals surface area (Å²) in [5.41, 5.74) is 2.29. The Hall–Kier alpha value is -1.35. The van der Waals surface area contributed by atoms with E-state index in [1.807, 2.05) is 37.3 Å². The molecule has 0 unspecified atom stereocenters. The first-order valence-electron chi connectivity index (χ1n) is 5.41. The second-order valence-corrected chi connectivity index (χ2v) is 4.35. The zero-order valence-electron chi connectivity index (χ0n) is 9.94. The quantitative estimate of drug-likeness (QED) is 0.479. The summed E-state index contributed by atoms with van der Waals surface area (Å²) in [5, 5.41) is 0. The highest BCUT2D eigenvalue weighted by Gasteiger charge is 1.96. The van der Waals surface area contributed by atoms with Crippen LogP contribution in [0, 0.1) is 6.92 Å². The predicted molar refractivity (Wildman–Crippen MR) is 73.9 cm³/mol. The highest BCUT2D eigenvalue weighted by Crippen LogP contribution is 2.21. The zero-order chi connectivity index (χ0) is 12.7. The molecular weight excluding hydrogens is 280 g/mol. The van der Waals surface area contributed by atoms with E-state index in [0.29, 0.717) is 6.61 Å². The van der Waals surface area contributed by atoms with Crippen molar-refractivity contribution in [2.75, 3.05) is 6.61 Å². The monoisotopic (exact) mass is 294 g/mol. The molecule has 1 aromatic rings. The molecule has 0 bridgehead atoms. The molecule has 0 N–H and O–H groups in total. The van der Waals surface area contributed by atoms with Crippen molar-refractivity contribution >= 4 is 26.4 Å². The Bertz CT molecular complexity index is 430. The summed E-state index contributed by atoms with van der Waals surface area (Å²) in [5.74, 6) is -0.326. The minimum Gasteiger partial charge on any atom is -0.463 e. The molecule has 0 atom stereocenters. The molecule has 0 saturated carbocycles. The van der Waals surface area contributed by atoms with Crippen molar-refractivity contribution in [3.05, 3.63) is 53.6 Å². The smallest absolute Gasteiger partial charge is 0.330 e. The number of carbonyl (C=O) groups excluding carboxylic acids is 1. The van der Waals surface area contributed by atoms with Crippen LogP contribution >= 0.6 is 15.9 Å². The Balaban J connectivity index is 2.66. The predicted octanol–water partition coefficient (Wildman–Crippen LogP) is 3.85. The van der Waals surface area contributed by atoms with Gasteiger partial charge in [0.2, 0.25) is 0 Å². The van der Waals surface area contributed by atoms with Gasteiger partial charge in [-0.3, -0.25) is 0 Å². The van der Waals surface area contributed by atoms with Crippen molar-refractivity contribution in [2.24, 2.45) is 0 Å². The van der Waals surface area contributed by atoms with Gasteiger partial charge in [0.25, 0.3) is 0 Å². The topological polar surface area (TPSA) is 26.3 Å². The van der Waals surface area contributed by atoms with Gasteiger partial charge in [-0.15, -0.1) is 0 Å². The van der Waals surface area contributed by atoms with E-state index in [2.05, 4.69) is 15.9 Å². The average Bonchev–Trinajstić information content (AvgIpc) is 2.30. The van der Waals surface area contributed by atoms with Gasteiger partial charge in [0.15, 0.2) is 0 Å². The van der Waals surface area contributed by atoms with E-state index in [9.17, 15) is 4.79 Å². The molecule has 1 rings (SSSR count). The summed E-state index contributed by atoms with van der Waals surface area (Å²) >= 11 is 3.46. The zero-order valence-corrected chi connectivity index (χ0v) is 11.5. The molecular formula is C14H15BrO2. The van der Waals surface area contributed by atoms with Crippen LogP contribution in [0.15, 0.2) is 42.5 Å². The molecule has 17 heavy (non-hydrogen) atoms. The molecule has 0 saturated heterocycles. The Morgan fingerprint density at radius 3 is 2.59 bits per heavy atom. The fraction of sp³-hybridized carbons (Fsp3) is 0.214. The van der Waals surface area contributed by atoms with E-state index in [1.165, 1.54) is 11.6 Å². The molecule has 3 heteroatoms. The first-order valence-corrected chi connectivity index (χ1v) is 6.20. The molecule has 0 spiro atoms. The van der Waals surface area contributed by atoms with E-state index >= 15 is 0 Å². The molecule has 1 aromatic carbocycles. The number of hydrogen-bond donors (Lipinski definition) is 0. The Labute approximate surface area is 110 Å². The van der Waals surface area contributed by atoms with Crippen LogP contribution in [0.1, 0.15) is 18.1 Å². The number of esters is 1. The maximum atomic E-state index is 11.1. The largest absolute Gasteiger partial charge is 0.463 e. The van der Waals surface area contributed by atoms with E-state index in [4.69, 9.17) is 4.74 Å². The number of allylic oxidation sites excluding steroid dienone is 2. The fourth-order valence-electron chi connectivity index (χ4n) is 1.21. The summed E-state index contributed by atoms with van der Waals surface area (Å²) in [7, 11) is 0. The van der Waals surface area contributed by atoms with E-state index < -0.39 is 0 Å². The van der Waals surface area contributed by atoms with Gasteiger partial charge in [-0.25, -0.2) is 4.79 Å². The number of benzene rings is 1. The van der Waals surface area contributed by atoms with Crippen molar-refractivity contribution in [3.8, 4) is 0 Å². The second kappa shape index (κ2) is 7.07. The van der Waals surface area contributed by atoms with Crippen molar-refractivity contribution in [3.63, 3.8) is 0 Å². The van der Waals surface area contributed by atoms with E-state index in [-0.39, 0.29) is 5.97 Å². The highest BCUT2D eigenvalue weighted by molar-refractivity contribution is 9.15. The standard InChI is InChI=1S/C14H15BrO2/c1-3-17-14(16)6-4-5-13(15)12-9-7-11(2)8-10-12/h4-10H,3H2,1-2H3. The SMILES string of the molecule is CCOC(=O)C=CC=C(Br)c1ccc(C)cc1. The van der Waals surface area contributed by atoms with Crippen LogP contribution < -0.4 is 0 Å². The van der Waals surface area contributed by atoms with Crippen LogP contribution in [0.4, 0.5) is 0 Å². The second-order valence-electron chi connectivity index (χ2n) is 3.49. The van der Waals surface area contributed by atoms with Gasteiger partial charge in [0.1, 0.15) is 0 Å². The first kappa shape index (κ1) is 13.7. The Kier molecular flexibility index (Phi) is 5.70. The average molecular weight is 295 g/mol. The van der Waals surface area contributed by atoms with E-state index in [1.54, 1.807) is 13.0 Å². The van der Waals surface area contributed by atoms with Crippen LogP contribution in [0.25, 0.3) is 4.48 Å². The van der Waals surface area contributed by atoms with Crippen LogP contribution in [-0.2, 0) is 9.53 Å². The molecule has 0 aliphatic rings. The lowest BCUT2D eigenvalue weighted by Crippen LogP contribution is -1.98. The van der Waals surface area contributed by atoms with Crippen molar-refractivity contribution in [1.82, 2.24) is 0 Å². The fourth-order valence-corrected chi connectivity index (χ4v) is 1.63. The molecule has 0 amide bonds. The first-order chi connectivity index (χ1) is 8.13. The molecule has 0 heterocycles. The number of carbonyl (C=O) groups is 1. The van der Waals surface area contributed by atoms with Gasteiger partial charge < -0.3 is 4.74 Å². The van der Waals surface area contributed by atoms with Crippen LogP contribution in [0.5, 0.6) is 0 Å². The minimum absolute atomic E-state index is 0.326. The van der Waals surface area contributed by atoms with Crippen LogP contribution in [-0.4, -0.2) is 12.6 Å². The third-order valence-electron chi connectivity index (χ3n) is 2.09. The van der Waals surface area contributed by atoms with Gasteiger partial charge in [0.05, 0.1) is 6.61 Å². The lowest BCUT2D eigenvalue weighted by atomic mass is 10.1. The minimum atomic E-state index is -0.326. The van der Waals surface area contributed by atoms with Gasteiger partial charge in [-0.05, 0) is 25.5 Å². The summed E-state index contributed by atoms with van der Waals surface area (Å²) in [4.78, 5) is 11.1. The number of halogens is 1. The number of hydrogen-bond acceptors (Lipinski definition) is 2. The van der Waals surface area contributed by atoms with Gasteiger partial charge in [-0.2, -0.15) is 0 Å². The summed E-state index contributed by atoms with van der Waals surface area (Å²) in [6, 6.07) is 8.13. The molecule has 0 aliphatic carbocycles. The maximum Gasteiger partial charge on any atom is 0.330 e. The van der Waals surface area contributed by atoms with Crippen LogP contribution in [0.3, 0.4) is 0 Å². The molecule has 0 fully saturated rings. The molecule has 2 nitrogen and oxygen atoms in total. The summed E-state index contributed by atoms with van der Waals surface area (Å²) in [6.45, 7) is 4.22. The number of aryl methyl sites for hydroxylation is 1. The van der Waals surface area contributed by atoms with Crippen LogP contribution in [0.2, 0.25) is 0 Å². The van der Waals surface area contributed by atoms with Gasteiger partial charge in [-0.1, -0.05) is 51.8 Å². The van der Waals surface area contributed by atoms with Crippen molar-refractivity contribution in [1.29, 1.82) is 0 Å². The summed E-state index contributed by atoms with van der Waals surface area (Å²) in [6.07, 6.45) is 4.89. The molecule has 90 valence electrons. The summed E-state index contributed by atoms with van der Waals surface area (Å²) < 4.78 is 5.70. The van der Waals surface area contributed by atoms with E-state index in [0.717, 1.165) is 10.0 Å². The van der Waals surface area contributed by atoms with Crippen molar-refractivity contribution < 1.29 is 9.53 Å². The molecule has 0 radical (unpaired) electrons. The van der Waals surface area contributed by atoms with Crippen molar-refractivity contribution in [2.45, 2.75) is 13.8 Å². The van der Waals surface area contributed by atoms with Gasteiger partial charge in [0, 0.05) is 10.6 Å². The number of rotatable bonds is 4. The third kappa shape index (κ3) is 5.00.